The van der Waals surface area contributed by atoms with Gasteiger partial charge in [-0.15, -0.1) is 0 Å². The molecule has 0 spiro atoms. The topological polar surface area (TPSA) is 38.3 Å². The molecule has 0 aromatic heterocycles. The van der Waals surface area contributed by atoms with Gasteiger partial charge in [0.15, 0.2) is 0 Å². The van der Waals surface area contributed by atoms with Crippen LogP contribution in [0, 0.1) is 5.92 Å². The van der Waals surface area contributed by atoms with E-state index in [-0.39, 0.29) is 5.91 Å². The van der Waals surface area contributed by atoms with Gasteiger partial charge in [0.25, 0.3) is 0 Å². The summed E-state index contributed by atoms with van der Waals surface area (Å²) >= 11 is 3.44. The molecule has 100 valence electrons. The second-order valence-corrected chi connectivity index (χ2v) is 5.19. The monoisotopic (exact) mass is 313 g/mol. The predicted molar refractivity (Wildman–Crippen MR) is 78.4 cm³/mol. The predicted octanol–water partition coefficient (Wildman–Crippen LogP) is 3.84. The van der Waals surface area contributed by atoms with Crippen LogP contribution >= 0.6 is 15.9 Å². The molecule has 0 aliphatic rings. The third-order valence-corrected chi connectivity index (χ3v) is 3.13. The number of benzene rings is 1. The number of nitrogens with one attached hydrogen (secondary N) is 1. The summed E-state index contributed by atoms with van der Waals surface area (Å²) in [4.78, 5) is 11.1. The average Bonchev–Trinajstić information content (AvgIpc) is 2.31. The van der Waals surface area contributed by atoms with Crippen molar-refractivity contribution in [2.75, 3.05) is 17.3 Å². The molecule has 1 rings (SSSR count). The van der Waals surface area contributed by atoms with Crippen molar-refractivity contribution in [2.24, 2.45) is 5.92 Å². The Morgan fingerprint density at radius 1 is 1.39 bits per heavy atom. The van der Waals surface area contributed by atoms with Crippen LogP contribution in [0.15, 0.2) is 24.3 Å². The van der Waals surface area contributed by atoms with Crippen LogP contribution in [-0.2, 0) is 4.79 Å². The molecule has 1 aromatic carbocycles. The van der Waals surface area contributed by atoms with E-state index in [4.69, 9.17) is 4.74 Å². The maximum Gasteiger partial charge on any atom is 0.221 e. The van der Waals surface area contributed by atoms with Gasteiger partial charge in [-0.2, -0.15) is 0 Å². The molecule has 0 heterocycles. The Balaban J connectivity index is 2.48. The Morgan fingerprint density at radius 3 is 2.78 bits per heavy atom. The van der Waals surface area contributed by atoms with E-state index >= 15 is 0 Å². The Morgan fingerprint density at radius 2 is 2.11 bits per heavy atom. The van der Waals surface area contributed by atoms with Gasteiger partial charge in [-0.05, 0) is 30.9 Å². The highest BCUT2D eigenvalue weighted by Gasteiger charge is 2.06. The average molecular weight is 314 g/mol. The van der Waals surface area contributed by atoms with Gasteiger partial charge in [0.05, 0.1) is 12.3 Å². The standard InChI is InChI=1S/C14H20BrNO2/c1-11(7-9-15)8-10-18-14-6-4-3-5-13(14)16-12(2)17/h3-6,11H,7-10H2,1-2H3,(H,16,17). The van der Waals surface area contributed by atoms with Crippen LogP contribution in [0.5, 0.6) is 5.75 Å². The number of alkyl halides is 1. The van der Waals surface area contributed by atoms with E-state index in [1.54, 1.807) is 0 Å². The van der Waals surface area contributed by atoms with E-state index in [2.05, 4.69) is 28.2 Å². The van der Waals surface area contributed by atoms with E-state index in [1.807, 2.05) is 24.3 Å². The summed E-state index contributed by atoms with van der Waals surface area (Å²) < 4.78 is 5.72. The van der Waals surface area contributed by atoms with Gasteiger partial charge in [0.2, 0.25) is 5.91 Å². The fourth-order valence-electron chi connectivity index (χ4n) is 1.59. The van der Waals surface area contributed by atoms with E-state index in [0.717, 1.165) is 29.6 Å². The maximum atomic E-state index is 11.1. The molecule has 1 amide bonds. The van der Waals surface area contributed by atoms with Crippen LogP contribution in [0.4, 0.5) is 5.69 Å². The van der Waals surface area contributed by atoms with Gasteiger partial charge in [0.1, 0.15) is 5.75 Å². The highest BCUT2D eigenvalue weighted by molar-refractivity contribution is 9.09. The van der Waals surface area contributed by atoms with Crippen LogP contribution in [-0.4, -0.2) is 17.8 Å². The molecular weight excluding hydrogens is 294 g/mol. The fraction of sp³-hybridized carbons (Fsp3) is 0.500. The molecule has 18 heavy (non-hydrogen) atoms. The highest BCUT2D eigenvalue weighted by atomic mass is 79.9. The van der Waals surface area contributed by atoms with Crippen molar-refractivity contribution in [3.8, 4) is 5.75 Å². The highest BCUT2D eigenvalue weighted by Crippen LogP contribution is 2.24. The van der Waals surface area contributed by atoms with E-state index in [0.29, 0.717) is 12.5 Å². The number of hydrogen-bond donors (Lipinski definition) is 1. The number of amides is 1. The quantitative estimate of drug-likeness (QED) is 0.777. The Labute approximate surface area is 117 Å². The third-order valence-electron chi connectivity index (χ3n) is 2.67. The van der Waals surface area contributed by atoms with Gasteiger partial charge < -0.3 is 10.1 Å². The van der Waals surface area contributed by atoms with Gasteiger partial charge in [-0.25, -0.2) is 0 Å². The smallest absolute Gasteiger partial charge is 0.221 e. The first-order valence-corrected chi connectivity index (χ1v) is 7.31. The second kappa shape index (κ2) is 8.14. The summed E-state index contributed by atoms with van der Waals surface area (Å²) in [5.74, 6) is 1.29. The van der Waals surface area contributed by atoms with Crippen LogP contribution in [0.25, 0.3) is 0 Å². The van der Waals surface area contributed by atoms with Crippen molar-refractivity contribution in [3.63, 3.8) is 0 Å². The SMILES string of the molecule is CC(=O)Nc1ccccc1OCCC(C)CCBr. The molecule has 4 heteroatoms. The molecule has 0 bridgehead atoms. The Kier molecular flexibility index (Phi) is 6.80. The summed E-state index contributed by atoms with van der Waals surface area (Å²) in [5.41, 5.74) is 0.734. The van der Waals surface area contributed by atoms with Crippen molar-refractivity contribution in [1.82, 2.24) is 0 Å². The fourth-order valence-corrected chi connectivity index (χ4v) is 2.37. The van der Waals surface area contributed by atoms with Gasteiger partial charge >= 0.3 is 0 Å². The van der Waals surface area contributed by atoms with Crippen molar-refractivity contribution in [1.29, 1.82) is 0 Å². The maximum absolute atomic E-state index is 11.1. The van der Waals surface area contributed by atoms with Gasteiger partial charge in [0, 0.05) is 12.3 Å². The molecule has 3 nitrogen and oxygen atoms in total. The number of hydrogen-bond acceptors (Lipinski definition) is 2. The third kappa shape index (κ3) is 5.54. The van der Waals surface area contributed by atoms with Crippen LogP contribution in [0.1, 0.15) is 26.7 Å². The lowest BCUT2D eigenvalue weighted by atomic mass is 10.1. The molecule has 0 radical (unpaired) electrons. The van der Waals surface area contributed by atoms with Crippen molar-refractivity contribution in [2.45, 2.75) is 26.7 Å². The first-order chi connectivity index (χ1) is 8.63. The minimum absolute atomic E-state index is 0.0845. The number of ether oxygens (including phenoxy) is 1. The summed E-state index contributed by atoms with van der Waals surface area (Å²) in [6.07, 6.45) is 2.16. The van der Waals surface area contributed by atoms with Crippen molar-refractivity contribution in [3.05, 3.63) is 24.3 Å². The normalized spacial score (nSPS) is 11.9. The zero-order chi connectivity index (χ0) is 13.4. The largest absolute Gasteiger partial charge is 0.491 e. The number of carbonyl (C=O) groups is 1. The Hall–Kier alpha value is -1.03. The molecule has 0 saturated heterocycles. The summed E-state index contributed by atoms with van der Waals surface area (Å²) in [6, 6.07) is 7.51. The molecule has 0 aliphatic carbocycles. The molecule has 0 aliphatic heterocycles. The van der Waals surface area contributed by atoms with E-state index in [1.165, 1.54) is 6.92 Å². The van der Waals surface area contributed by atoms with Crippen molar-refractivity contribution >= 4 is 27.5 Å². The minimum atomic E-state index is -0.0845. The molecular formula is C14H20BrNO2. The first kappa shape index (κ1) is 15.0. The first-order valence-electron chi connectivity index (χ1n) is 6.19. The summed E-state index contributed by atoms with van der Waals surface area (Å²) in [7, 11) is 0. The lowest BCUT2D eigenvalue weighted by molar-refractivity contribution is -0.114. The second-order valence-electron chi connectivity index (χ2n) is 4.40. The summed E-state index contributed by atoms with van der Waals surface area (Å²) in [6.45, 7) is 4.38. The lowest BCUT2D eigenvalue weighted by Crippen LogP contribution is -2.09. The zero-order valence-electron chi connectivity index (χ0n) is 10.9. The molecule has 1 aromatic rings. The van der Waals surface area contributed by atoms with Crippen molar-refractivity contribution < 1.29 is 9.53 Å². The van der Waals surface area contributed by atoms with Gasteiger partial charge in [-0.1, -0.05) is 35.0 Å². The molecule has 1 atom stereocenters. The summed E-state index contributed by atoms with van der Waals surface area (Å²) in [5, 5.41) is 3.79. The van der Waals surface area contributed by atoms with Gasteiger partial charge in [-0.3, -0.25) is 4.79 Å². The lowest BCUT2D eigenvalue weighted by Gasteiger charge is -2.13. The number of anilines is 1. The molecule has 0 fully saturated rings. The molecule has 1 N–H and O–H groups in total. The van der Waals surface area contributed by atoms with Crippen LogP contribution in [0.3, 0.4) is 0 Å². The molecule has 0 saturated carbocycles. The minimum Gasteiger partial charge on any atom is -0.491 e. The number of carbonyl (C=O) groups excluding carboxylic acids is 1. The molecule has 1 unspecified atom stereocenters. The van der Waals surface area contributed by atoms with E-state index < -0.39 is 0 Å². The zero-order valence-corrected chi connectivity index (χ0v) is 12.5. The Bertz CT molecular complexity index is 382. The number of para-hydroxylation sites is 2. The number of halogens is 1. The van der Waals surface area contributed by atoms with Crippen LogP contribution in [0.2, 0.25) is 0 Å². The number of rotatable bonds is 7. The van der Waals surface area contributed by atoms with Crippen LogP contribution < -0.4 is 10.1 Å². The van der Waals surface area contributed by atoms with E-state index in [9.17, 15) is 4.79 Å².